The summed E-state index contributed by atoms with van der Waals surface area (Å²) in [4.78, 5) is 11.4. The molecule has 1 saturated carbocycles. The smallest absolute Gasteiger partial charge is 0.323 e. The zero-order valence-corrected chi connectivity index (χ0v) is 12.2. The van der Waals surface area contributed by atoms with Gasteiger partial charge in [-0.2, -0.15) is 0 Å². The molecule has 1 fully saturated rings. The lowest BCUT2D eigenvalue weighted by molar-refractivity contribution is -0.145. The number of carbonyl (C=O) groups is 1. The molecular formula is C15H29NO2. The number of hydrogen-bond acceptors (Lipinski definition) is 2. The summed E-state index contributed by atoms with van der Waals surface area (Å²) in [5, 5.41) is 12.8. The highest BCUT2D eigenvalue weighted by Gasteiger charge is 2.34. The van der Waals surface area contributed by atoms with Crippen molar-refractivity contribution >= 4 is 5.97 Å². The first-order chi connectivity index (χ1) is 8.51. The molecular weight excluding hydrogens is 226 g/mol. The normalized spacial score (nSPS) is 28.4. The molecule has 3 heteroatoms. The van der Waals surface area contributed by atoms with Gasteiger partial charge in [-0.3, -0.25) is 10.1 Å². The Morgan fingerprint density at radius 1 is 1.28 bits per heavy atom. The van der Waals surface area contributed by atoms with Gasteiger partial charge in [0.15, 0.2) is 0 Å². The molecule has 3 unspecified atom stereocenters. The second kappa shape index (κ2) is 7.13. The monoisotopic (exact) mass is 255 g/mol. The van der Waals surface area contributed by atoms with Crippen molar-refractivity contribution in [3.8, 4) is 0 Å². The largest absolute Gasteiger partial charge is 0.480 e. The molecule has 2 N–H and O–H groups in total. The Kier molecular flexibility index (Phi) is 6.13. The first-order valence-corrected chi connectivity index (χ1v) is 7.53. The van der Waals surface area contributed by atoms with Crippen LogP contribution >= 0.6 is 0 Å². The molecule has 1 aliphatic carbocycles. The molecule has 106 valence electrons. The SMILES string of the molecule is CCCC(C)(NC1CCCC(CC)CC1)C(=O)O. The summed E-state index contributed by atoms with van der Waals surface area (Å²) in [7, 11) is 0. The molecule has 1 rings (SSSR count). The molecule has 0 aromatic heterocycles. The fourth-order valence-electron chi connectivity index (χ4n) is 3.12. The maximum atomic E-state index is 11.4. The van der Waals surface area contributed by atoms with E-state index in [1.54, 1.807) is 0 Å². The van der Waals surface area contributed by atoms with Crippen molar-refractivity contribution in [3.63, 3.8) is 0 Å². The van der Waals surface area contributed by atoms with E-state index in [-0.39, 0.29) is 0 Å². The van der Waals surface area contributed by atoms with E-state index < -0.39 is 11.5 Å². The molecule has 0 aromatic carbocycles. The molecule has 3 atom stereocenters. The van der Waals surface area contributed by atoms with Gasteiger partial charge in [-0.1, -0.05) is 39.5 Å². The van der Waals surface area contributed by atoms with Crippen LogP contribution in [0.5, 0.6) is 0 Å². The number of aliphatic carboxylic acids is 1. The summed E-state index contributed by atoms with van der Waals surface area (Å²) in [5.41, 5.74) is -0.745. The van der Waals surface area contributed by atoms with Crippen LogP contribution in [0.3, 0.4) is 0 Å². The fraction of sp³-hybridized carbons (Fsp3) is 0.933. The summed E-state index contributed by atoms with van der Waals surface area (Å²) in [6.45, 7) is 6.14. The zero-order chi connectivity index (χ0) is 13.6. The van der Waals surface area contributed by atoms with Crippen molar-refractivity contribution in [2.75, 3.05) is 0 Å². The first kappa shape index (κ1) is 15.5. The Bertz CT molecular complexity index is 267. The minimum Gasteiger partial charge on any atom is -0.480 e. The van der Waals surface area contributed by atoms with Crippen LogP contribution < -0.4 is 5.32 Å². The zero-order valence-electron chi connectivity index (χ0n) is 12.2. The Labute approximate surface area is 111 Å². The van der Waals surface area contributed by atoms with Crippen LogP contribution in [-0.4, -0.2) is 22.7 Å². The number of nitrogens with one attached hydrogen (secondary N) is 1. The molecule has 0 aromatic rings. The first-order valence-electron chi connectivity index (χ1n) is 7.53. The standard InChI is InChI=1S/C15H29NO2/c1-4-11-15(3,14(17)18)16-13-8-6-7-12(5-2)9-10-13/h12-13,16H,4-11H2,1-3H3,(H,17,18). The van der Waals surface area contributed by atoms with Crippen LogP contribution in [0.15, 0.2) is 0 Å². The number of rotatable bonds is 6. The van der Waals surface area contributed by atoms with Gasteiger partial charge in [0, 0.05) is 6.04 Å². The third kappa shape index (κ3) is 4.27. The van der Waals surface area contributed by atoms with E-state index in [4.69, 9.17) is 0 Å². The highest BCUT2D eigenvalue weighted by molar-refractivity contribution is 5.78. The van der Waals surface area contributed by atoms with E-state index in [0.29, 0.717) is 12.5 Å². The maximum Gasteiger partial charge on any atom is 0.323 e. The van der Waals surface area contributed by atoms with Crippen LogP contribution in [0.4, 0.5) is 0 Å². The van der Waals surface area contributed by atoms with Gasteiger partial charge in [0.1, 0.15) is 5.54 Å². The molecule has 0 saturated heterocycles. The average molecular weight is 255 g/mol. The van der Waals surface area contributed by atoms with Crippen molar-refractivity contribution in [2.24, 2.45) is 5.92 Å². The summed E-state index contributed by atoms with van der Waals surface area (Å²) < 4.78 is 0. The topological polar surface area (TPSA) is 49.3 Å². The van der Waals surface area contributed by atoms with Gasteiger partial charge < -0.3 is 5.11 Å². The van der Waals surface area contributed by atoms with E-state index in [2.05, 4.69) is 12.2 Å². The number of carboxylic acids is 1. The lowest BCUT2D eigenvalue weighted by atomic mass is 9.93. The van der Waals surface area contributed by atoms with Gasteiger partial charge in [0.05, 0.1) is 0 Å². The van der Waals surface area contributed by atoms with Crippen LogP contribution in [0, 0.1) is 5.92 Å². The summed E-state index contributed by atoms with van der Waals surface area (Å²) >= 11 is 0. The van der Waals surface area contributed by atoms with E-state index >= 15 is 0 Å². The molecule has 0 bridgehead atoms. The Morgan fingerprint density at radius 2 is 2.00 bits per heavy atom. The minimum atomic E-state index is -0.745. The Balaban J connectivity index is 2.56. The van der Waals surface area contributed by atoms with E-state index in [9.17, 15) is 9.90 Å². The Morgan fingerprint density at radius 3 is 2.56 bits per heavy atom. The molecule has 18 heavy (non-hydrogen) atoms. The van der Waals surface area contributed by atoms with Gasteiger partial charge in [0.2, 0.25) is 0 Å². The fourth-order valence-corrected chi connectivity index (χ4v) is 3.12. The minimum absolute atomic E-state index is 0.384. The van der Waals surface area contributed by atoms with Gasteiger partial charge >= 0.3 is 5.97 Å². The van der Waals surface area contributed by atoms with E-state index in [1.807, 2.05) is 13.8 Å². The summed E-state index contributed by atoms with van der Waals surface area (Å²) in [6.07, 6.45) is 8.92. The van der Waals surface area contributed by atoms with Crippen molar-refractivity contribution in [2.45, 2.75) is 83.7 Å². The molecule has 0 spiro atoms. The second-order valence-corrected chi connectivity index (χ2v) is 6.01. The third-order valence-corrected chi connectivity index (χ3v) is 4.41. The van der Waals surface area contributed by atoms with Crippen LogP contribution in [0.2, 0.25) is 0 Å². The van der Waals surface area contributed by atoms with Crippen LogP contribution in [-0.2, 0) is 4.79 Å². The molecule has 0 amide bonds. The lowest BCUT2D eigenvalue weighted by Crippen LogP contribution is -2.53. The van der Waals surface area contributed by atoms with Crippen LogP contribution in [0.25, 0.3) is 0 Å². The van der Waals surface area contributed by atoms with Gasteiger partial charge in [0.25, 0.3) is 0 Å². The van der Waals surface area contributed by atoms with Gasteiger partial charge in [-0.25, -0.2) is 0 Å². The highest BCUT2D eigenvalue weighted by atomic mass is 16.4. The van der Waals surface area contributed by atoms with Crippen LogP contribution in [0.1, 0.15) is 72.1 Å². The molecule has 0 aliphatic heterocycles. The predicted octanol–water partition coefficient (Wildman–Crippen LogP) is 3.58. The quantitative estimate of drug-likeness (QED) is 0.713. The van der Waals surface area contributed by atoms with Gasteiger partial charge in [-0.15, -0.1) is 0 Å². The third-order valence-electron chi connectivity index (χ3n) is 4.41. The highest BCUT2D eigenvalue weighted by Crippen LogP contribution is 2.27. The molecule has 3 nitrogen and oxygen atoms in total. The van der Waals surface area contributed by atoms with Gasteiger partial charge in [-0.05, 0) is 38.5 Å². The average Bonchev–Trinajstić information content (AvgIpc) is 2.54. The van der Waals surface area contributed by atoms with E-state index in [0.717, 1.165) is 25.2 Å². The summed E-state index contributed by atoms with van der Waals surface area (Å²) in [6, 6.07) is 0.384. The number of carboxylic acid groups (broad SMARTS) is 1. The maximum absolute atomic E-state index is 11.4. The van der Waals surface area contributed by atoms with Crippen molar-refractivity contribution in [1.29, 1.82) is 0 Å². The number of hydrogen-bond donors (Lipinski definition) is 2. The lowest BCUT2D eigenvalue weighted by Gasteiger charge is -2.31. The molecule has 1 aliphatic rings. The second-order valence-electron chi connectivity index (χ2n) is 6.01. The predicted molar refractivity (Wildman–Crippen MR) is 74.7 cm³/mol. The van der Waals surface area contributed by atoms with E-state index in [1.165, 1.54) is 25.7 Å². The van der Waals surface area contributed by atoms with Crippen molar-refractivity contribution < 1.29 is 9.90 Å². The molecule has 0 heterocycles. The van der Waals surface area contributed by atoms with Crippen molar-refractivity contribution in [3.05, 3.63) is 0 Å². The van der Waals surface area contributed by atoms with Crippen molar-refractivity contribution in [1.82, 2.24) is 5.32 Å². The Hall–Kier alpha value is -0.570. The molecule has 0 radical (unpaired) electrons. The summed E-state index contributed by atoms with van der Waals surface area (Å²) in [5.74, 6) is 0.139.